The molecule has 1 aliphatic rings. The highest BCUT2D eigenvalue weighted by Gasteiger charge is 2.33. The van der Waals surface area contributed by atoms with Crippen molar-refractivity contribution < 1.29 is 13.2 Å². The summed E-state index contributed by atoms with van der Waals surface area (Å²) in [5, 5.41) is 11.2. The Balaban J connectivity index is 1.37. The molecule has 0 aromatic heterocycles. The van der Waals surface area contributed by atoms with Crippen molar-refractivity contribution in [2.75, 3.05) is 20.1 Å². The average Bonchev–Trinajstić information content (AvgIpc) is 2.83. The second-order valence-electron chi connectivity index (χ2n) is 8.19. The largest absolute Gasteiger partial charge is 0.341 e. The minimum absolute atomic E-state index is 0.0496. The summed E-state index contributed by atoms with van der Waals surface area (Å²) in [7, 11) is -1.82. The molecule has 1 heterocycles. The fraction of sp³-hybridized carbons (Fsp3) is 0.280. The number of piperidine rings is 1. The number of hydrogen-bond acceptors (Lipinski definition) is 4. The predicted molar refractivity (Wildman–Crippen MR) is 123 cm³/mol. The number of carbonyl (C=O) groups excluding carboxylic acids is 1. The highest BCUT2D eigenvalue weighted by Crippen LogP contribution is 2.26. The Hall–Kier alpha value is -3.21. The van der Waals surface area contributed by atoms with Gasteiger partial charge in [-0.2, -0.15) is 9.57 Å². The summed E-state index contributed by atoms with van der Waals surface area (Å²) in [4.78, 5) is 14.9. The summed E-state index contributed by atoms with van der Waals surface area (Å²) >= 11 is 0. The van der Waals surface area contributed by atoms with E-state index in [1.54, 1.807) is 11.9 Å². The first kappa shape index (κ1) is 22.0. The van der Waals surface area contributed by atoms with Gasteiger partial charge < -0.3 is 4.90 Å². The van der Waals surface area contributed by atoms with Crippen molar-refractivity contribution in [3.63, 3.8) is 0 Å². The lowest BCUT2D eigenvalue weighted by molar-refractivity contribution is -0.135. The lowest BCUT2D eigenvalue weighted by Gasteiger charge is -2.32. The van der Waals surface area contributed by atoms with E-state index in [0.29, 0.717) is 38.0 Å². The fourth-order valence-corrected chi connectivity index (χ4v) is 5.66. The van der Waals surface area contributed by atoms with E-state index >= 15 is 0 Å². The molecule has 7 heteroatoms. The summed E-state index contributed by atoms with van der Waals surface area (Å²) in [5.41, 5.74) is 1.49. The first-order valence-corrected chi connectivity index (χ1v) is 12.1. The number of nitriles is 1. The standard InChI is InChI=1S/C25H25N3O3S/c1-27(18-20-6-9-21-4-2-3-5-23(21)16-20)25(29)22-12-14-28(15-13-22)32(30,31)24-10-7-19(17-26)8-11-24/h2-11,16,22H,12-15,18H2,1H3. The van der Waals surface area contributed by atoms with Crippen molar-refractivity contribution in [3.05, 3.63) is 77.9 Å². The lowest BCUT2D eigenvalue weighted by Crippen LogP contribution is -2.43. The van der Waals surface area contributed by atoms with Crippen molar-refractivity contribution in [3.8, 4) is 6.07 Å². The van der Waals surface area contributed by atoms with Gasteiger partial charge in [0.05, 0.1) is 16.5 Å². The second-order valence-corrected chi connectivity index (χ2v) is 10.1. The smallest absolute Gasteiger partial charge is 0.243 e. The Kier molecular flexibility index (Phi) is 6.26. The average molecular weight is 448 g/mol. The topological polar surface area (TPSA) is 81.5 Å². The van der Waals surface area contributed by atoms with Gasteiger partial charge in [0.1, 0.15) is 0 Å². The molecule has 32 heavy (non-hydrogen) atoms. The molecule has 0 N–H and O–H groups in total. The molecule has 1 fully saturated rings. The zero-order valence-corrected chi connectivity index (χ0v) is 18.8. The molecule has 0 atom stereocenters. The molecule has 3 aromatic carbocycles. The van der Waals surface area contributed by atoms with E-state index in [9.17, 15) is 13.2 Å². The highest BCUT2D eigenvalue weighted by atomic mass is 32.2. The molecule has 0 bridgehead atoms. The van der Waals surface area contributed by atoms with E-state index in [-0.39, 0.29) is 16.7 Å². The molecule has 0 saturated carbocycles. The van der Waals surface area contributed by atoms with E-state index in [1.165, 1.54) is 34.0 Å². The summed E-state index contributed by atoms with van der Waals surface area (Å²) < 4.78 is 27.2. The van der Waals surface area contributed by atoms with Crippen LogP contribution in [0.3, 0.4) is 0 Å². The third-order valence-corrected chi connectivity index (χ3v) is 7.95. The number of fused-ring (bicyclic) bond motifs is 1. The third-order valence-electron chi connectivity index (χ3n) is 6.03. The van der Waals surface area contributed by atoms with Gasteiger partial charge in [0.15, 0.2) is 0 Å². The van der Waals surface area contributed by atoms with Gasteiger partial charge in [-0.25, -0.2) is 8.42 Å². The maximum atomic E-state index is 13.0. The normalized spacial score (nSPS) is 15.4. The minimum Gasteiger partial charge on any atom is -0.341 e. The van der Waals surface area contributed by atoms with Crippen molar-refractivity contribution >= 4 is 26.7 Å². The van der Waals surface area contributed by atoms with Crippen LogP contribution in [0.25, 0.3) is 10.8 Å². The molecule has 1 aliphatic heterocycles. The molecule has 4 rings (SSSR count). The maximum Gasteiger partial charge on any atom is 0.243 e. The summed E-state index contributed by atoms with van der Waals surface area (Å²) in [6, 6.07) is 22.3. The maximum absolute atomic E-state index is 13.0. The van der Waals surface area contributed by atoms with Crippen LogP contribution in [0.4, 0.5) is 0 Å². The Labute approximate surface area is 188 Å². The van der Waals surface area contributed by atoms with E-state index in [4.69, 9.17) is 5.26 Å². The molecule has 3 aromatic rings. The molecule has 1 amide bonds. The number of benzene rings is 3. The zero-order valence-electron chi connectivity index (χ0n) is 17.9. The molecule has 0 radical (unpaired) electrons. The Morgan fingerprint density at radius 1 is 1.03 bits per heavy atom. The Morgan fingerprint density at radius 3 is 2.34 bits per heavy atom. The van der Waals surface area contributed by atoms with E-state index in [2.05, 4.69) is 24.3 Å². The van der Waals surface area contributed by atoms with Crippen LogP contribution in [0.1, 0.15) is 24.0 Å². The molecule has 164 valence electrons. The van der Waals surface area contributed by atoms with Crippen LogP contribution in [0.15, 0.2) is 71.6 Å². The van der Waals surface area contributed by atoms with Crippen LogP contribution >= 0.6 is 0 Å². The number of amides is 1. The minimum atomic E-state index is -3.63. The van der Waals surface area contributed by atoms with Gasteiger partial charge in [-0.1, -0.05) is 36.4 Å². The van der Waals surface area contributed by atoms with Gasteiger partial charge in [0.2, 0.25) is 15.9 Å². The van der Waals surface area contributed by atoms with Crippen LogP contribution in [0.5, 0.6) is 0 Å². The van der Waals surface area contributed by atoms with Gasteiger partial charge in [-0.05, 0) is 59.5 Å². The fourth-order valence-electron chi connectivity index (χ4n) is 4.19. The van der Waals surface area contributed by atoms with Crippen LogP contribution < -0.4 is 0 Å². The molecule has 0 unspecified atom stereocenters. The highest BCUT2D eigenvalue weighted by molar-refractivity contribution is 7.89. The summed E-state index contributed by atoms with van der Waals surface area (Å²) in [6.07, 6.45) is 0.993. The Bertz CT molecular complexity index is 1270. The predicted octanol–water partition coefficient (Wildman–Crippen LogP) is 3.77. The van der Waals surface area contributed by atoms with Gasteiger partial charge in [0, 0.05) is 32.6 Å². The van der Waals surface area contributed by atoms with Crippen molar-refractivity contribution in [2.24, 2.45) is 5.92 Å². The third kappa shape index (κ3) is 4.52. The van der Waals surface area contributed by atoms with Crippen LogP contribution in [0.2, 0.25) is 0 Å². The van der Waals surface area contributed by atoms with Gasteiger partial charge in [-0.3, -0.25) is 4.79 Å². The molecule has 6 nitrogen and oxygen atoms in total. The molecule has 1 saturated heterocycles. The number of nitrogens with zero attached hydrogens (tertiary/aromatic N) is 3. The van der Waals surface area contributed by atoms with Crippen molar-refractivity contribution in [2.45, 2.75) is 24.3 Å². The van der Waals surface area contributed by atoms with E-state index in [1.807, 2.05) is 24.3 Å². The van der Waals surface area contributed by atoms with Crippen LogP contribution in [-0.2, 0) is 21.4 Å². The zero-order chi connectivity index (χ0) is 22.7. The SMILES string of the molecule is CN(Cc1ccc2ccccc2c1)C(=O)C1CCN(S(=O)(=O)c2ccc(C#N)cc2)CC1. The van der Waals surface area contributed by atoms with Gasteiger partial charge >= 0.3 is 0 Å². The number of sulfonamides is 1. The number of rotatable bonds is 5. The van der Waals surface area contributed by atoms with Crippen LogP contribution in [-0.4, -0.2) is 43.7 Å². The summed E-state index contributed by atoms with van der Waals surface area (Å²) in [5.74, 6) is -0.138. The number of hydrogen-bond donors (Lipinski definition) is 0. The van der Waals surface area contributed by atoms with Crippen molar-refractivity contribution in [1.29, 1.82) is 5.26 Å². The molecule has 0 aliphatic carbocycles. The monoisotopic (exact) mass is 447 g/mol. The van der Waals surface area contributed by atoms with E-state index in [0.717, 1.165) is 10.9 Å². The van der Waals surface area contributed by atoms with E-state index < -0.39 is 10.0 Å². The second kappa shape index (κ2) is 9.11. The van der Waals surface area contributed by atoms with Crippen LogP contribution in [0, 0.1) is 17.2 Å². The first-order chi connectivity index (χ1) is 15.4. The van der Waals surface area contributed by atoms with Gasteiger partial charge in [-0.15, -0.1) is 0 Å². The Morgan fingerprint density at radius 2 is 1.69 bits per heavy atom. The molecular formula is C25H25N3O3S. The summed E-state index contributed by atoms with van der Waals surface area (Å²) in [6.45, 7) is 1.14. The van der Waals surface area contributed by atoms with Gasteiger partial charge in [0.25, 0.3) is 0 Å². The number of carbonyl (C=O) groups is 1. The first-order valence-electron chi connectivity index (χ1n) is 10.6. The molecular weight excluding hydrogens is 422 g/mol. The quantitative estimate of drug-likeness (QED) is 0.596. The lowest BCUT2D eigenvalue weighted by atomic mass is 9.96. The van der Waals surface area contributed by atoms with Crippen molar-refractivity contribution in [1.82, 2.24) is 9.21 Å². The molecule has 0 spiro atoms.